The number of hydrogen-bond acceptors (Lipinski definition) is 11. The Morgan fingerprint density at radius 1 is 0.753 bits per heavy atom. The van der Waals surface area contributed by atoms with Crippen LogP contribution in [0.15, 0.2) is 54.6 Å². The van der Waals surface area contributed by atoms with E-state index in [1.54, 1.807) is 32.9 Å². The number of rotatable bonds is 33. The van der Waals surface area contributed by atoms with Crippen LogP contribution in [0.3, 0.4) is 0 Å². The van der Waals surface area contributed by atoms with Gasteiger partial charge in [0, 0.05) is 52.9 Å². The first-order chi connectivity index (χ1) is 36.5. The topological polar surface area (TPSA) is 267 Å². The van der Waals surface area contributed by atoms with Crippen LogP contribution in [-0.4, -0.2) is 144 Å². The van der Waals surface area contributed by atoms with E-state index in [0.717, 1.165) is 43.2 Å². The van der Waals surface area contributed by atoms with Gasteiger partial charge in [0.2, 0.25) is 47.3 Å². The Morgan fingerprint density at radius 2 is 1.43 bits per heavy atom. The maximum absolute atomic E-state index is 14.6. The van der Waals surface area contributed by atoms with Crippen molar-refractivity contribution in [1.29, 1.82) is 0 Å². The van der Waals surface area contributed by atoms with Crippen molar-refractivity contribution < 1.29 is 53.0 Å². The minimum Gasteiger partial charge on any atom is -0.508 e. The molecule has 1 aliphatic heterocycles. The summed E-state index contributed by atoms with van der Waals surface area (Å²) < 4.78 is 5.00. The number of nitrogens with zero attached hydrogens (tertiary/aromatic N) is 3. The number of unbranched alkanes of at least 4 members (excludes halogenated alkanes) is 2. The third-order valence-corrected chi connectivity index (χ3v) is 14.5. The molecule has 19 heteroatoms. The molecule has 1 aliphatic rings. The van der Waals surface area contributed by atoms with Gasteiger partial charge in [-0.15, -0.1) is 0 Å². The predicted molar refractivity (Wildman–Crippen MR) is 294 cm³/mol. The van der Waals surface area contributed by atoms with Crippen LogP contribution in [0, 0.1) is 23.7 Å². The van der Waals surface area contributed by atoms with Crippen molar-refractivity contribution in [2.45, 2.75) is 181 Å². The highest BCUT2D eigenvalue weighted by atomic mass is 16.5. The van der Waals surface area contributed by atoms with Crippen molar-refractivity contribution in [3.05, 3.63) is 65.7 Å². The van der Waals surface area contributed by atoms with Crippen LogP contribution in [-0.2, 0) is 60.7 Å². The summed E-state index contributed by atoms with van der Waals surface area (Å²) in [6.45, 7) is 13.8. The molecule has 7 N–H and O–H groups in total. The lowest BCUT2D eigenvalue weighted by molar-refractivity contribution is -0.154. The van der Waals surface area contributed by atoms with Crippen molar-refractivity contribution in [3.63, 3.8) is 0 Å². The van der Waals surface area contributed by atoms with E-state index in [1.807, 2.05) is 70.2 Å². The molecule has 0 aliphatic carbocycles. The number of amides is 8. The van der Waals surface area contributed by atoms with E-state index in [4.69, 9.17) is 10.5 Å². The smallest absolute Gasteiger partial charge is 0.328 e. The molecule has 0 bridgehead atoms. The van der Waals surface area contributed by atoms with Crippen molar-refractivity contribution >= 4 is 53.2 Å². The molecule has 0 radical (unpaired) electrons. The quantitative estimate of drug-likeness (QED) is 0.0412. The third kappa shape index (κ3) is 21.4. The number of likely N-dealkylation sites (N-methyl/N-ethyl adjacent to an activating group) is 2. The normalized spacial score (nSPS) is 16.0. The molecule has 19 nitrogen and oxygen atoms in total. The number of hydrogen-bond donors (Lipinski definition) is 6. The van der Waals surface area contributed by atoms with E-state index >= 15 is 0 Å². The number of aromatic hydroxyl groups is 1. The molecule has 0 unspecified atom stereocenters. The van der Waals surface area contributed by atoms with Gasteiger partial charge in [-0.05, 0) is 91.9 Å². The van der Waals surface area contributed by atoms with Gasteiger partial charge >= 0.3 is 5.97 Å². The lowest BCUT2D eigenvalue weighted by Gasteiger charge is -2.36. The molecule has 0 spiro atoms. The highest BCUT2D eigenvalue weighted by molar-refractivity contribution is 5.97. The van der Waals surface area contributed by atoms with Crippen LogP contribution in [0.4, 0.5) is 0 Å². The van der Waals surface area contributed by atoms with Gasteiger partial charge in [-0.25, -0.2) is 4.79 Å². The molecule has 2 aromatic rings. The molecule has 77 heavy (non-hydrogen) atoms. The Kier molecular flexibility index (Phi) is 27.7. The first kappa shape index (κ1) is 64.8. The summed E-state index contributed by atoms with van der Waals surface area (Å²) in [5.41, 5.74) is 7.38. The Morgan fingerprint density at radius 3 is 2.04 bits per heavy atom. The van der Waals surface area contributed by atoms with Crippen molar-refractivity contribution in [2.24, 2.45) is 29.4 Å². The number of nitrogens with two attached hydrogens (primary N) is 1. The number of phenols is 1. The molecule has 1 fully saturated rings. The molecule has 1 heterocycles. The van der Waals surface area contributed by atoms with Crippen LogP contribution in [0.2, 0.25) is 0 Å². The van der Waals surface area contributed by atoms with Gasteiger partial charge in [0.1, 0.15) is 42.0 Å². The summed E-state index contributed by atoms with van der Waals surface area (Å²) in [6, 6.07) is 9.55. The van der Waals surface area contributed by atoms with Gasteiger partial charge in [0.15, 0.2) is 0 Å². The van der Waals surface area contributed by atoms with Crippen LogP contribution in [0.25, 0.3) is 0 Å². The van der Waals surface area contributed by atoms with E-state index in [2.05, 4.69) is 21.3 Å². The van der Waals surface area contributed by atoms with Crippen LogP contribution >= 0.6 is 0 Å². The number of primary amides is 1. The van der Waals surface area contributed by atoms with Crippen LogP contribution in [0.1, 0.15) is 143 Å². The Balaban J connectivity index is 1.70. The molecule has 3 rings (SSSR count). The molecule has 428 valence electrons. The van der Waals surface area contributed by atoms with Gasteiger partial charge in [-0.1, -0.05) is 117 Å². The van der Waals surface area contributed by atoms with E-state index in [0.29, 0.717) is 51.6 Å². The standard InChI is InChI=1S/C58H90N8O11/c1-11-40(7)52(65(9)55(73)45(34-37(2)3)61-50(70)35-39(6)20-14-13-17-32-60-49(69)25-18-23-41-26-28-43(67)29-27-41)54(72)62-44(30-31-48(59)68)53(71)63-51(38(4)5)57(75)64(8)47(36-42-21-15-12-16-22-42)56(74)66-33-19-24-46(66)58(76)77-10/h12,15-16,21-22,26-29,37-40,44-47,51-52,67H,11,13-14,17-20,23-25,30-36H2,1-10H3,(H2,59,68)(H,60,69)(H,61,70)(H,62,72)(H,63,71)/t39-,40-,44-,45-,46-,47+,51-,52+/m0/s1. The highest BCUT2D eigenvalue weighted by Gasteiger charge is 2.43. The van der Waals surface area contributed by atoms with E-state index in [9.17, 15) is 48.3 Å². The zero-order chi connectivity index (χ0) is 57.4. The van der Waals surface area contributed by atoms with Gasteiger partial charge in [-0.2, -0.15) is 0 Å². The molecular formula is C58H90N8O11. The fourth-order valence-electron chi connectivity index (χ4n) is 9.80. The fraction of sp³-hybridized carbons (Fsp3) is 0.638. The van der Waals surface area contributed by atoms with Crippen molar-refractivity contribution in [1.82, 2.24) is 36.0 Å². The van der Waals surface area contributed by atoms with Crippen LogP contribution < -0.4 is 27.0 Å². The van der Waals surface area contributed by atoms with E-state index < -0.39 is 89.5 Å². The second kappa shape index (κ2) is 32.9. The minimum absolute atomic E-state index is 0.000650. The number of carbonyl (C=O) groups is 9. The Hall–Kier alpha value is -6.53. The highest BCUT2D eigenvalue weighted by Crippen LogP contribution is 2.24. The monoisotopic (exact) mass is 1070 g/mol. The number of nitrogens with one attached hydrogen (secondary N) is 4. The number of likely N-dealkylation sites (tertiary alicyclic amines) is 1. The Bertz CT molecular complexity index is 2240. The molecule has 1 saturated heterocycles. The Labute approximate surface area is 456 Å². The van der Waals surface area contributed by atoms with Gasteiger partial charge < -0.3 is 51.5 Å². The number of methoxy groups -OCH3 is 1. The van der Waals surface area contributed by atoms with Gasteiger partial charge in [-0.3, -0.25) is 38.4 Å². The SMILES string of the molecule is CC[C@H](C)[C@H](C(=O)N[C@@H](CCC(N)=O)C(=O)N[C@H](C(=O)N(C)[C@H](Cc1ccccc1)C(=O)N1CCC[C@H]1C(=O)OC)C(C)C)N(C)C(=O)[C@H](CC(C)C)NC(=O)C[C@@H](C)CCCCCNC(=O)CCCc1ccc(O)cc1. The lowest BCUT2D eigenvalue weighted by atomic mass is 9.94. The first-order valence-electron chi connectivity index (χ1n) is 27.7. The molecule has 0 saturated carbocycles. The largest absolute Gasteiger partial charge is 0.508 e. The van der Waals surface area contributed by atoms with E-state index in [-0.39, 0.29) is 55.1 Å². The number of esters is 1. The molecule has 8 amide bonds. The summed E-state index contributed by atoms with van der Waals surface area (Å²) in [5, 5.41) is 20.9. The third-order valence-electron chi connectivity index (χ3n) is 14.5. The van der Waals surface area contributed by atoms with Crippen molar-refractivity contribution in [2.75, 3.05) is 34.3 Å². The average molecular weight is 1080 g/mol. The summed E-state index contributed by atoms with van der Waals surface area (Å²) in [5.74, 6) is -5.32. The second-order valence-corrected chi connectivity index (χ2v) is 21.7. The fourth-order valence-corrected chi connectivity index (χ4v) is 9.80. The van der Waals surface area contributed by atoms with Crippen molar-refractivity contribution in [3.8, 4) is 5.75 Å². The summed E-state index contributed by atoms with van der Waals surface area (Å²) in [7, 11) is 4.23. The molecule has 8 atom stereocenters. The summed E-state index contributed by atoms with van der Waals surface area (Å²) in [4.78, 5) is 127. The number of carbonyl (C=O) groups excluding carboxylic acids is 9. The summed E-state index contributed by atoms with van der Waals surface area (Å²) in [6.07, 6.45) is 6.68. The number of phenolic OH excluding ortho intramolecular Hbond substituents is 1. The number of benzene rings is 2. The molecule has 0 aromatic heterocycles. The minimum atomic E-state index is -1.38. The number of ether oxygens (including phenoxy) is 1. The lowest BCUT2D eigenvalue weighted by Crippen LogP contribution is -2.61. The molecule has 2 aromatic carbocycles. The predicted octanol–water partition coefficient (Wildman–Crippen LogP) is 4.95. The maximum Gasteiger partial charge on any atom is 0.328 e. The second-order valence-electron chi connectivity index (χ2n) is 21.7. The van der Waals surface area contributed by atoms with Gasteiger partial charge in [0.25, 0.3) is 0 Å². The zero-order valence-corrected chi connectivity index (χ0v) is 47.4. The average Bonchev–Trinajstić information content (AvgIpc) is 3.89. The first-order valence-corrected chi connectivity index (χ1v) is 27.7. The van der Waals surface area contributed by atoms with E-state index in [1.165, 1.54) is 35.9 Å². The van der Waals surface area contributed by atoms with Gasteiger partial charge in [0.05, 0.1) is 7.11 Å². The van der Waals surface area contributed by atoms with Crippen LogP contribution in [0.5, 0.6) is 5.75 Å². The number of aryl methyl sites for hydroxylation is 1. The molecular weight excluding hydrogens is 985 g/mol. The summed E-state index contributed by atoms with van der Waals surface area (Å²) >= 11 is 0. The zero-order valence-electron chi connectivity index (χ0n) is 47.4. The maximum atomic E-state index is 14.6.